The second-order valence-electron chi connectivity index (χ2n) is 5.69. The number of hydrogen-bond donors (Lipinski definition) is 1. The molecular weight excluding hydrogens is 354 g/mol. The van der Waals surface area contributed by atoms with Gasteiger partial charge in [0, 0.05) is 11.3 Å². The lowest BCUT2D eigenvalue weighted by Crippen LogP contribution is -2.15. The van der Waals surface area contributed by atoms with E-state index in [1.165, 1.54) is 27.4 Å². The van der Waals surface area contributed by atoms with E-state index >= 15 is 0 Å². The van der Waals surface area contributed by atoms with Crippen LogP contribution >= 0.6 is 0 Å². The van der Waals surface area contributed by atoms with Crippen molar-refractivity contribution in [1.29, 1.82) is 0 Å². The van der Waals surface area contributed by atoms with Crippen molar-refractivity contribution in [3.8, 4) is 11.5 Å². The molecule has 1 aromatic carbocycles. The minimum atomic E-state index is -0.737. The summed E-state index contributed by atoms with van der Waals surface area (Å²) >= 11 is 0. The Hall–Kier alpha value is -3.29. The van der Waals surface area contributed by atoms with Crippen molar-refractivity contribution >= 4 is 17.7 Å². The van der Waals surface area contributed by atoms with Crippen molar-refractivity contribution in [2.24, 2.45) is 0 Å². The first kappa shape index (κ1) is 20.0. The molecule has 0 saturated heterocycles. The van der Waals surface area contributed by atoms with Crippen molar-refractivity contribution in [3.05, 3.63) is 46.3 Å². The molecule has 8 heteroatoms. The third-order valence-corrected chi connectivity index (χ3v) is 4.07. The summed E-state index contributed by atoms with van der Waals surface area (Å²) in [5, 5.41) is 0. The number of carbonyl (C=O) groups excluding carboxylic acids is 3. The number of esters is 2. The van der Waals surface area contributed by atoms with E-state index in [4.69, 9.17) is 18.9 Å². The van der Waals surface area contributed by atoms with Crippen molar-refractivity contribution in [2.45, 2.75) is 13.8 Å². The van der Waals surface area contributed by atoms with Gasteiger partial charge in [0.2, 0.25) is 0 Å². The number of ether oxygens (including phenoxy) is 4. The van der Waals surface area contributed by atoms with Crippen molar-refractivity contribution < 1.29 is 33.3 Å². The molecule has 1 N–H and O–H groups in total. The number of aromatic nitrogens is 1. The zero-order chi connectivity index (χ0) is 20.1. The molecule has 1 heterocycles. The molecule has 27 heavy (non-hydrogen) atoms. The molecule has 0 aliphatic heterocycles. The second kappa shape index (κ2) is 8.39. The predicted molar refractivity (Wildman–Crippen MR) is 95.8 cm³/mol. The van der Waals surface area contributed by atoms with E-state index in [0.717, 1.165) is 0 Å². The summed E-state index contributed by atoms with van der Waals surface area (Å²) in [5.41, 5.74) is 1.58. The number of H-pyrrole nitrogens is 1. The SMILES string of the molecule is COC(=O)c1c(C)[nH]c(C(=O)OCC(=O)c2ccc(OC)c(OC)c2)c1C. The summed E-state index contributed by atoms with van der Waals surface area (Å²) in [5.74, 6) is -0.813. The van der Waals surface area contributed by atoms with Gasteiger partial charge in [-0.3, -0.25) is 4.79 Å². The first-order valence-electron chi connectivity index (χ1n) is 8.03. The summed E-state index contributed by atoms with van der Waals surface area (Å²) in [7, 11) is 4.21. The predicted octanol–water partition coefficient (Wildman–Crippen LogP) is 2.48. The number of benzene rings is 1. The van der Waals surface area contributed by atoms with Crippen molar-refractivity contribution in [2.75, 3.05) is 27.9 Å². The first-order valence-corrected chi connectivity index (χ1v) is 8.03. The van der Waals surface area contributed by atoms with Gasteiger partial charge in [0.05, 0.1) is 26.9 Å². The fourth-order valence-corrected chi connectivity index (χ4v) is 2.66. The molecule has 0 fully saturated rings. The maximum atomic E-state index is 12.3. The average Bonchev–Trinajstić information content (AvgIpc) is 2.98. The maximum Gasteiger partial charge on any atom is 0.355 e. The van der Waals surface area contributed by atoms with Gasteiger partial charge in [-0.25, -0.2) is 9.59 Å². The third-order valence-electron chi connectivity index (χ3n) is 4.07. The molecule has 0 amide bonds. The monoisotopic (exact) mass is 375 g/mol. The standard InChI is InChI=1S/C19H21NO7/c1-10-16(18(22)26-5)11(2)20-17(10)19(23)27-9-13(21)12-6-7-14(24-3)15(8-12)25-4/h6-8,20H,9H2,1-5H3. The van der Waals surface area contributed by atoms with Crippen molar-refractivity contribution in [3.63, 3.8) is 0 Å². The Bertz CT molecular complexity index is 882. The van der Waals surface area contributed by atoms with E-state index < -0.39 is 24.3 Å². The molecule has 0 aliphatic carbocycles. The van der Waals surface area contributed by atoms with E-state index in [1.807, 2.05) is 0 Å². The molecule has 0 bridgehead atoms. The Morgan fingerprint density at radius 2 is 1.63 bits per heavy atom. The summed E-state index contributed by atoms with van der Waals surface area (Å²) < 4.78 is 20.1. The van der Waals surface area contributed by atoms with E-state index in [1.54, 1.807) is 26.0 Å². The number of aromatic amines is 1. The van der Waals surface area contributed by atoms with E-state index in [0.29, 0.717) is 28.3 Å². The Morgan fingerprint density at radius 3 is 2.22 bits per heavy atom. The number of methoxy groups -OCH3 is 3. The number of Topliss-reactive ketones (excluding diaryl/α,β-unsaturated/α-hetero) is 1. The Labute approximate surface area is 156 Å². The summed E-state index contributed by atoms with van der Waals surface area (Å²) in [6, 6.07) is 4.65. The van der Waals surface area contributed by atoms with Gasteiger partial charge < -0.3 is 23.9 Å². The summed E-state index contributed by atoms with van der Waals surface area (Å²) in [6.45, 7) is 2.78. The number of carbonyl (C=O) groups is 3. The highest BCUT2D eigenvalue weighted by atomic mass is 16.5. The lowest BCUT2D eigenvalue weighted by atomic mass is 10.1. The zero-order valence-corrected chi connectivity index (χ0v) is 15.8. The summed E-state index contributed by atoms with van der Waals surface area (Å²) in [4.78, 5) is 39.2. The van der Waals surface area contributed by atoms with Crippen LogP contribution in [0, 0.1) is 13.8 Å². The van der Waals surface area contributed by atoms with Gasteiger partial charge in [-0.15, -0.1) is 0 Å². The Kier molecular flexibility index (Phi) is 6.23. The van der Waals surface area contributed by atoms with Crippen LogP contribution in [0.3, 0.4) is 0 Å². The molecule has 0 spiro atoms. The largest absolute Gasteiger partial charge is 0.493 e. The maximum absolute atomic E-state index is 12.3. The average molecular weight is 375 g/mol. The Morgan fingerprint density at radius 1 is 0.963 bits per heavy atom. The van der Waals surface area contributed by atoms with Gasteiger partial charge in [-0.1, -0.05) is 0 Å². The smallest absolute Gasteiger partial charge is 0.355 e. The fourth-order valence-electron chi connectivity index (χ4n) is 2.66. The lowest BCUT2D eigenvalue weighted by Gasteiger charge is -2.09. The molecular formula is C19H21NO7. The van der Waals surface area contributed by atoms with Gasteiger partial charge in [0.25, 0.3) is 0 Å². The molecule has 0 atom stereocenters. The van der Waals surface area contributed by atoms with Gasteiger partial charge in [0.15, 0.2) is 23.9 Å². The third kappa shape index (κ3) is 4.11. The van der Waals surface area contributed by atoms with Crippen LogP contribution in [-0.2, 0) is 9.47 Å². The molecule has 144 valence electrons. The number of hydrogen-bond acceptors (Lipinski definition) is 7. The van der Waals surface area contributed by atoms with Gasteiger partial charge in [-0.2, -0.15) is 0 Å². The molecule has 0 radical (unpaired) electrons. The molecule has 0 saturated carbocycles. The van der Waals surface area contributed by atoms with Crippen LogP contribution in [0.25, 0.3) is 0 Å². The zero-order valence-electron chi connectivity index (χ0n) is 15.8. The molecule has 0 aliphatic rings. The van der Waals surface area contributed by atoms with Crippen LogP contribution in [0.1, 0.15) is 42.5 Å². The van der Waals surface area contributed by atoms with E-state index in [-0.39, 0.29) is 11.3 Å². The number of rotatable bonds is 7. The molecule has 2 rings (SSSR count). The number of nitrogens with one attached hydrogen (secondary N) is 1. The van der Waals surface area contributed by atoms with E-state index in [9.17, 15) is 14.4 Å². The van der Waals surface area contributed by atoms with Crippen LogP contribution in [0.4, 0.5) is 0 Å². The topological polar surface area (TPSA) is 104 Å². The normalized spacial score (nSPS) is 10.3. The number of ketones is 1. The van der Waals surface area contributed by atoms with Crippen LogP contribution < -0.4 is 9.47 Å². The van der Waals surface area contributed by atoms with Crippen LogP contribution in [0.2, 0.25) is 0 Å². The highest BCUT2D eigenvalue weighted by molar-refractivity contribution is 6.01. The van der Waals surface area contributed by atoms with Crippen LogP contribution in [0.15, 0.2) is 18.2 Å². The van der Waals surface area contributed by atoms with E-state index in [2.05, 4.69) is 4.98 Å². The van der Waals surface area contributed by atoms with Crippen LogP contribution in [-0.4, -0.2) is 50.6 Å². The second-order valence-corrected chi connectivity index (χ2v) is 5.69. The highest BCUT2D eigenvalue weighted by Gasteiger charge is 2.24. The fraction of sp³-hybridized carbons (Fsp3) is 0.316. The number of aryl methyl sites for hydroxylation is 1. The van der Waals surface area contributed by atoms with Gasteiger partial charge >= 0.3 is 11.9 Å². The molecule has 8 nitrogen and oxygen atoms in total. The lowest BCUT2D eigenvalue weighted by molar-refractivity contribution is 0.0468. The minimum absolute atomic E-state index is 0.105. The highest BCUT2D eigenvalue weighted by Crippen LogP contribution is 2.27. The molecule has 0 unspecified atom stereocenters. The molecule has 2 aromatic rings. The minimum Gasteiger partial charge on any atom is -0.493 e. The quantitative estimate of drug-likeness (QED) is 0.585. The van der Waals surface area contributed by atoms with Crippen LogP contribution in [0.5, 0.6) is 11.5 Å². The first-order chi connectivity index (χ1) is 12.8. The molecule has 1 aromatic heterocycles. The van der Waals surface area contributed by atoms with Gasteiger partial charge in [0.1, 0.15) is 5.69 Å². The Balaban J connectivity index is 2.12. The van der Waals surface area contributed by atoms with Gasteiger partial charge in [-0.05, 0) is 37.6 Å². The van der Waals surface area contributed by atoms with Crippen molar-refractivity contribution in [1.82, 2.24) is 4.98 Å². The summed E-state index contributed by atoms with van der Waals surface area (Å²) in [6.07, 6.45) is 0.